The molecule has 5 rings (SSSR count). The molecule has 0 radical (unpaired) electrons. The highest BCUT2D eigenvalue weighted by Crippen LogP contribution is 2.23. The zero-order valence-electron chi connectivity index (χ0n) is 19.5. The Bertz CT molecular complexity index is 1300. The molecule has 8 nitrogen and oxygen atoms in total. The first kappa shape index (κ1) is 22.6. The molecular weight excluding hydrogens is 440 g/mol. The Balaban J connectivity index is 1.14. The van der Waals surface area contributed by atoms with Gasteiger partial charge in [0, 0.05) is 49.2 Å². The predicted octanol–water partition coefficient (Wildman–Crippen LogP) is 3.27. The van der Waals surface area contributed by atoms with Gasteiger partial charge in [-0.2, -0.15) is 5.10 Å². The minimum atomic E-state index is -0.231. The van der Waals surface area contributed by atoms with E-state index in [0.29, 0.717) is 18.7 Å². The molecule has 1 fully saturated rings. The second-order valence-electron chi connectivity index (χ2n) is 8.77. The molecule has 0 spiro atoms. The molecule has 178 valence electrons. The van der Waals surface area contributed by atoms with E-state index in [0.717, 1.165) is 28.9 Å². The highest BCUT2D eigenvalue weighted by Gasteiger charge is 2.27. The van der Waals surface area contributed by atoms with Crippen molar-refractivity contribution in [1.29, 1.82) is 0 Å². The number of hydrogen-bond acceptors (Lipinski definition) is 6. The number of nitrogen functional groups attached to an aromatic ring is 1. The van der Waals surface area contributed by atoms with Gasteiger partial charge in [-0.25, -0.2) is 4.98 Å². The van der Waals surface area contributed by atoms with Crippen LogP contribution in [0, 0.1) is 0 Å². The Morgan fingerprint density at radius 3 is 2.60 bits per heavy atom. The molecule has 0 unspecified atom stereocenters. The number of hydrogen-bond donors (Lipinski definition) is 3. The third-order valence-electron chi connectivity index (χ3n) is 6.17. The third kappa shape index (κ3) is 5.33. The molecule has 4 aromatic rings. The number of carbonyl (C=O) groups is 1. The van der Waals surface area contributed by atoms with Crippen LogP contribution in [0.15, 0.2) is 79.3 Å². The van der Waals surface area contributed by atoms with Crippen molar-refractivity contribution in [3.8, 4) is 28.0 Å². The molecule has 0 saturated carbocycles. The van der Waals surface area contributed by atoms with Crippen molar-refractivity contribution in [1.82, 2.24) is 25.4 Å². The van der Waals surface area contributed by atoms with Crippen LogP contribution in [-0.4, -0.2) is 45.9 Å². The predicted molar refractivity (Wildman–Crippen MR) is 136 cm³/mol. The number of nitrogens with two attached hydrogens (primary N) is 1. The van der Waals surface area contributed by atoms with Crippen LogP contribution in [0.4, 0.5) is 5.82 Å². The van der Waals surface area contributed by atoms with Crippen LogP contribution in [0.5, 0.6) is 5.75 Å². The molecule has 4 N–H and O–H groups in total. The molecule has 1 aliphatic rings. The number of amides is 1. The van der Waals surface area contributed by atoms with Gasteiger partial charge in [0.25, 0.3) is 5.91 Å². The normalized spacial score (nSPS) is 17.3. The van der Waals surface area contributed by atoms with Crippen LogP contribution in [0.1, 0.15) is 16.8 Å². The zero-order valence-corrected chi connectivity index (χ0v) is 19.5. The van der Waals surface area contributed by atoms with Crippen molar-refractivity contribution in [3.63, 3.8) is 0 Å². The van der Waals surface area contributed by atoms with Gasteiger partial charge in [0.1, 0.15) is 18.2 Å². The third-order valence-corrected chi connectivity index (χ3v) is 6.17. The molecule has 2 atom stereocenters. The number of carbonyl (C=O) groups excluding carboxylic acids is 1. The first-order valence-electron chi connectivity index (χ1n) is 11.6. The number of nitrogens with one attached hydrogen (secondary N) is 2. The summed E-state index contributed by atoms with van der Waals surface area (Å²) in [7, 11) is 1.84. The van der Waals surface area contributed by atoms with E-state index in [-0.39, 0.29) is 23.8 Å². The fourth-order valence-electron chi connectivity index (χ4n) is 4.28. The van der Waals surface area contributed by atoms with Crippen LogP contribution in [0.25, 0.3) is 22.3 Å². The number of aromatic nitrogens is 3. The minimum absolute atomic E-state index is 0.0157. The lowest BCUT2D eigenvalue weighted by Gasteiger charge is -2.14. The second kappa shape index (κ2) is 9.99. The zero-order chi connectivity index (χ0) is 24.2. The Morgan fingerprint density at radius 2 is 1.86 bits per heavy atom. The lowest BCUT2D eigenvalue weighted by atomic mass is 10.1. The first-order chi connectivity index (χ1) is 17.0. The molecule has 1 amide bonds. The topological polar surface area (TPSA) is 107 Å². The molecule has 3 heterocycles. The van der Waals surface area contributed by atoms with E-state index < -0.39 is 0 Å². The van der Waals surface area contributed by atoms with Crippen molar-refractivity contribution in [2.75, 3.05) is 18.9 Å². The molecule has 0 bridgehead atoms. The van der Waals surface area contributed by atoms with E-state index >= 15 is 0 Å². The Morgan fingerprint density at radius 1 is 1.09 bits per heavy atom. The lowest BCUT2D eigenvalue weighted by molar-refractivity contribution is 0.0940. The van der Waals surface area contributed by atoms with Crippen molar-refractivity contribution in [3.05, 3.63) is 84.8 Å². The number of ether oxygens (including phenoxy) is 1. The monoisotopic (exact) mass is 468 g/mol. The van der Waals surface area contributed by atoms with Gasteiger partial charge in [-0.1, -0.05) is 42.5 Å². The van der Waals surface area contributed by atoms with E-state index in [4.69, 9.17) is 10.5 Å². The summed E-state index contributed by atoms with van der Waals surface area (Å²) in [4.78, 5) is 17.1. The fourth-order valence-corrected chi connectivity index (χ4v) is 4.28. The van der Waals surface area contributed by atoms with Gasteiger partial charge in [0.15, 0.2) is 0 Å². The fraction of sp³-hybridized carbons (Fsp3) is 0.222. The van der Waals surface area contributed by atoms with E-state index in [1.165, 1.54) is 5.56 Å². The summed E-state index contributed by atoms with van der Waals surface area (Å²) in [6, 6.07) is 20.2. The maximum Gasteiger partial charge on any atom is 0.255 e. The number of pyridine rings is 1. The van der Waals surface area contributed by atoms with Crippen molar-refractivity contribution in [2.24, 2.45) is 7.05 Å². The van der Waals surface area contributed by atoms with Gasteiger partial charge < -0.3 is 21.1 Å². The van der Waals surface area contributed by atoms with Crippen LogP contribution in [-0.2, 0) is 7.05 Å². The summed E-state index contributed by atoms with van der Waals surface area (Å²) >= 11 is 0. The van der Waals surface area contributed by atoms with E-state index in [9.17, 15) is 4.79 Å². The summed E-state index contributed by atoms with van der Waals surface area (Å²) in [5.41, 5.74) is 10.4. The maximum atomic E-state index is 12.9. The minimum Gasteiger partial charge on any atom is -0.492 e. The molecule has 0 aliphatic carbocycles. The number of anilines is 1. The number of benzene rings is 2. The Hall–Kier alpha value is -4.17. The molecular formula is C27H28N6O2. The molecule has 1 saturated heterocycles. The highest BCUT2D eigenvalue weighted by atomic mass is 16.5. The van der Waals surface area contributed by atoms with E-state index in [1.807, 2.05) is 43.6 Å². The van der Waals surface area contributed by atoms with Gasteiger partial charge in [0.05, 0.1) is 11.8 Å². The number of nitrogens with zero attached hydrogens (tertiary/aromatic N) is 3. The standard InChI is InChI=1S/C27H28N6O2/c1-33-16-21(14-31-33)20-11-25(26(28)30-13-20)27(34)32-22-12-23(29-15-22)17-35-24-9-7-19(8-10-24)18-5-3-2-4-6-18/h2-11,13-14,16,22-23,29H,12,15,17H2,1H3,(H2,28,30)(H,32,34)/t22-,23-/m0/s1. The van der Waals surface area contributed by atoms with Crippen molar-refractivity contribution < 1.29 is 9.53 Å². The van der Waals surface area contributed by atoms with Gasteiger partial charge in [0.2, 0.25) is 0 Å². The molecule has 2 aromatic carbocycles. The van der Waals surface area contributed by atoms with Crippen molar-refractivity contribution >= 4 is 11.7 Å². The van der Waals surface area contributed by atoms with Crippen LogP contribution >= 0.6 is 0 Å². The molecule has 2 aromatic heterocycles. The molecule has 8 heteroatoms. The Labute approximate surface area is 204 Å². The highest BCUT2D eigenvalue weighted by molar-refractivity contribution is 5.99. The van der Waals surface area contributed by atoms with E-state index in [1.54, 1.807) is 23.1 Å². The van der Waals surface area contributed by atoms with Crippen LogP contribution in [0.2, 0.25) is 0 Å². The first-order valence-corrected chi connectivity index (χ1v) is 11.6. The van der Waals surface area contributed by atoms with Gasteiger partial charge in [-0.05, 0) is 35.7 Å². The summed E-state index contributed by atoms with van der Waals surface area (Å²) in [6.45, 7) is 1.19. The lowest BCUT2D eigenvalue weighted by Crippen LogP contribution is -2.36. The van der Waals surface area contributed by atoms with Gasteiger partial charge in [-0.3, -0.25) is 9.48 Å². The quantitative estimate of drug-likeness (QED) is 0.384. The maximum absolute atomic E-state index is 12.9. The van der Waals surface area contributed by atoms with Crippen LogP contribution < -0.4 is 21.1 Å². The van der Waals surface area contributed by atoms with E-state index in [2.05, 4.69) is 45.0 Å². The second-order valence-corrected chi connectivity index (χ2v) is 8.77. The van der Waals surface area contributed by atoms with Crippen molar-refractivity contribution in [2.45, 2.75) is 18.5 Å². The van der Waals surface area contributed by atoms with Gasteiger partial charge >= 0.3 is 0 Å². The van der Waals surface area contributed by atoms with Gasteiger partial charge in [-0.15, -0.1) is 0 Å². The summed E-state index contributed by atoms with van der Waals surface area (Å²) in [5.74, 6) is 0.801. The number of aryl methyl sites for hydroxylation is 1. The average molecular weight is 469 g/mol. The average Bonchev–Trinajstić information content (AvgIpc) is 3.52. The van der Waals surface area contributed by atoms with Crippen LogP contribution in [0.3, 0.4) is 0 Å². The summed E-state index contributed by atoms with van der Waals surface area (Å²) in [6.07, 6.45) is 6.02. The Kier molecular flexibility index (Phi) is 6.45. The largest absolute Gasteiger partial charge is 0.492 e. The molecule has 1 aliphatic heterocycles. The SMILES string of the molecule is Cn1cc(-c2cnc(N)c(C(=O)N[C@@H]3CN[C@H](COc4ccc(-c5ccccc5)cc4)C3)c2)cn1. The summed E-state index contributed by atoms with van der Waals surface area (Å²) in [5, 5.41) is 10.7. The smallest absolute Gasteiger partial charge is 0.255 e. The number of rotatable bonds is 7. The summed E-state index contributed by atoms with van der Waals surface area (Å²) < 4.78 is 7.70. The molecule has 35 heavy (non-hydrogen) atoms.